The molecule has 0 spiro atoms. The van der Waals surface area contributed by atoms with Crippen LogP contribution < -0.4 is 16.5 Å². The highest BCUT2D eigenvalue weighted by Crippen LogP contribution is 2.18. The summed E-state index contributed by atoms with van der Waals surface area (Å²) < 4.78 is 0. The molecule has 0 fully saturated rings. The lowest BCUT2D eigenvalue weighted by atomic mass is 10.1. The van der Waals surface area contributed by atoms with E-state index in [-0.39, 0.29) is 5.91 Å². The maximum Gasteiger partial charge on any atom is 0.333 e. The number of carbonyl (C=O) groups is 2. The number of benzene rings is 1. The molecular weight excluding hydrogens is 280 g/mol. The number of unbranched alkanes of at least 4 members (excludes halogenated alkanes) is 1. The smallest absolute Gasteiger partial charge is 0.333 e. The maximum absolute atomic E-state index is 12.7. The van der Waals surface area contributed by atoms with E-state index in [1.54, 1.807) is 24.3 Å². The minimum atomic E-state index is -0.582. The summed E-state index contributed by atoms with van der Waals surface area (Å²) in [6.07, 6.45) is 1.88. The van der Waals surface area contributed by atoms with Crippen LogP contribution in [0.25, 0.3) is 0 Å². The number of para-hydroxylation sites is 1. The summed E-state index contributed by atoms with van der Waals surface area (Å²) in [5.41, 5.74) is 8.64. The predicted octanol–water partition coefficient (Wildman–Crippen LogP) is 2.52. The monoisotopic (exact) mass is 306 g/mol. The summed E-state index contributed by atoms with van der Waals surface area (Å²) in [6, 6.07) is 6.42. The Morgan fingerprint density at radius 1 is 1.23 bits per heavy atom. The molecule has 0 unspecified atom stereocenters. The molecule has 0 aliphatic heterocycles. The Morgan fingerprint density at radius 3 is 2.41 bits per heavy atom. The second-order valence-corrected chi connectivity index (χ2v) is 6.12. The quantitative estimate of drug-likeness (QED) is 0.454. The second-order valence-electron chi connectivity index (χ2n) is 6.12. The van der Waals surface area contributed by atoms with Crippen molar-refractivity contribution in [3.05, 3.63) is 29.8 Å². The van der Waals surface area contributed by atoms with Crippen molar-refractivity contribution in [3.8, 4) is 0 Å². The van der Waals surface area contributed by atoms with Crippen molar-refractivity contribution in [1.29, 1.82) is 0 Å². The Hall–Kier alpha value is -2.24. The molecule has 122 valence electrons. The third kappa shape index (κ3) is 4.95. The molecule has 0 bridgehead atoms. The van der Waals surface area contributed by atoms with E-state index in [0.29, 0.717) is 17.8 Å². The van der Waals surface area contributed by atoms with Gasteiger partial charge in [-0.3, -0.25) is 4.79 Å². The summed E-state index contributed by atoms with van der Waals surface area (Å²) in [5, 5.41) is 4.04. The van der Waals surface area contributed by atoms with Gasteiger partial charge in [0.1, 0.15) is 0 Å². The van der Waals surface area contributed by atoms with Gasteiger partial charge in [-0.05, 0) is 39.3 Å². The van der Waals surface area contributed by atoms with E-state index in [1.807, 2.05) is 27.7 Å². The second kappa shape index (κ2) is 7.68. The van der Waals surface area contributed by atoms with Gasteiger partial charge in [-0.2, -0.15) is 0 Å². The number of carbonyl (C=O) groups excluding carboxylic acids is 2. The van der Waals surface area contributed by atoms with Gasteiger partial charge in [-0.1, -0.05) is 25.5 Å². The van der Waals surface area contributed by atoms with E-state index in [4.69, 9.17) is 5.73 Å². The molecule has 0 aliphatic carbocycles. The molecule has 6 heteroatoms. The number of anilines is 1. The predicted molar refractivity (Wildman–Crippen MR) is 88.2 cm³/mol. The van der Waals surface area contributed by atoms with E-state index >= 15 is 0 Å². The maximum atomic E-state index is 12.7. The molecule has 0 saturated carbocycles. The molecule has 1 aromatic carbocycles. The fourth-order valence-electron chi connectivity index (χ4n) is 1.86. The molecule has 1 rings (SSSR count). The Morgan fingerprint density at radius 2 is 1.86 bits per heavy atom. The van der Waals surface area contributed by atoms with Crippen LogP contribution in [0.15, 0.2) is 24.3 Å². The number of rotatable bonds is 4. The fraction of sp³-hybridized carbons (Fsp3) is 0.500. The van der Waals surface area contributed by atoms with Gasteiger partial charge >= 0.3 is 6.03 Å². The lowest BCUT2D eigenvalue weighted by Crippen LogP contribution is -2.58. The van der Waals surface area contributed by atoms with E-state index in [2.05, 4.69) is 10.7 Å². The van der Waals surface area contributed by atoms with Crippen molar-refractivity contribution in [2.24, 2.45) is 0 Å². The zero-order chi connectivity index (χ0) is 16.8. The van der Waals surface area contributed by atoms with Crippen molar-refractivity contribution in [2.75, 3.05) is 12.3 Å². The number of nitrogens with zero attached hydrogens (tertiary/aromatic N) is 1. The lowest BCUT2D eigenvalue weighted by molar-refractivity contribution is 0.0451. The first-order chi connectivity index (χ1) is 10.3. The highest BCUT2D eigenvalue weighted by molar-refractivity contribution is 6.00. The van der Waals surface area contributed by atoms with Crippen LogP contribution in [0.5, 0.6) is 0 Å². The van der Waals surface area contributed by atoms with Gasteiger partial charge in [0.25, 0.3) is 5.91 Å². The van der Waals surface area contributed by atoms with Crippen molar-refractivity contribution in [2.45, 2.75) is 46.1 Å². The van der Waals surface area contributed by atoms with Crippen molar-refractivity contribution < 1.29 is 9.59 Å². The molecule has 0 atom stereocenters. The third-order valence-electron chi connectivity index (χ3n) is 3.09. The van der Waals surface area contributed by atoms with Gasteiger partial charge in [-0.25, -0.2) is 15.2 Å². The van der Waals surface area contributed by atoms with Crippen LogP contribution in [0.2, 0.25) is 0 Å². The average Bonchev–Trinajstić information content (AvgIpc) is 2.44. The van der Waals surface area contributed by atoms with Crippen LogP contribution >= 0.6 is 0 Å². The molecule has 3 amide bonds. The SMILES string of the molecule is CCCCNC(=O)NN(C(=O)c1ccccc1N)C(C)(C)C. The topological polar surface area (TPSA) is 87.5 Å². The van der Waals surface area contributed by atoms with Crippen molar-refractivity contribution in [1.82, 2.24) is 15.8 Å². The molecule has 0 saturated heterocycles. The number of urea groups is 1. The third-order valence-corrected chi connectivity index (χ3v) is 3.09. The number of hydrogen-bond acceptors (Lipinski definition) is 3. The van der Waals surface area contributed by atoms with Gasteiger partial charge < -0.3 is 11.1 Å². The van der Waals surface area contributed by atoms with Crippen LogP contribution in [0.1, 0.15) is 50.9 Å². The minimum Gasteiger partial charge on any atom is -0.398 e. The molecule has 0 radical (unpaired) electrons. The minimum absolute atomic E-state index is 0.337. The van der Waals surface area contributed by atoms with Gasteiger partial charge in [0, 0.05) is 12.2 Å². The average molecular weight is 306 g/mol. The molecular formula is C16H26N4O2. The zero-order valence-electron chi connectivity index (χ0n) is 13.8. The summed E-state index contributed by atoms with van der Waals surface area (Å²) in [5.74, 6) is -0.337. The van der Waals surface area contributed by atoms with Crippen molar-refractivity contribution in [3.63, 3.8) is 0 Å². The summed E-state index contributed by atoms with van der Waals surface area (Å²) in [7, 11) is 0. The highest BCUT2D eigenvalue weighted by atomic mass is 16.2. The Kier molecular flexibility index (Phi) is 6.22. The first-order valence-corrected chi connectivity index (χ1v) is 7.51. The Labute approximate surface area is 132 Å². The molecule has 0 aliphatic rings. The summed E-state index contributed by atoms with van der Waals surface area (Å²) in [4.78, 5) is 24.6. The van der Waals surface area contributed by atoms with Crippen molar-refractivity contribution >= 4 is 17.6 Å². The number of hydrazine groups is 1. The fourth-order valence-corrected chi connectivity index (χ4v) is 1.86. The number of hydrogen-bond donors (Lipinski definition) is 3. The zero-order valence-corrected chi connectivity index (χ0v) is 13.8. The van der Waals surface area contributed by atoms with E-state index in [1.165, 1.54) is 5.01 Å². The van der Waals surface area contributed by atoms with Crippen LogP contribution in [-0.2, 0) is 0 Å². The number of nitrogens with two attached hydrogens (primary N) is 1. The molecule has 4 N–H and O–H groups in total. The molecule has 1 aromatic rings. The number of nitrogen functional groups attached to an aromatic ring is 1. The van der Waals surface area contributed by atoms with E-state index in [0.717, 1.165) is 12.8 Å². The van der Waals surface area contributed by atoms with Gasteiger partial charge in [0.05, 0.1) is 11.1 Å². The first-order valence-electron chi connectivity index (χ1n) is 7.51. The van der Waals surface area contributed by atoms with Gasteiger partial charge in [0.2, 0.25) is 0 Å². The Balaban J connectivity index is 2.88. The highest BCUT2D eigenvalue weighted by Gasteiger charge is 2.30. The Bertz CT molecular complexity index is 523. The normalized spacial score (nSPS) is 10.9. The number of amides is 3. The molecule has 0 heterocycles. The lowest BCUT2D eigenvalue weighted by Gasteiger charge is -2.35. The van der Waals surface area contributed by atoms with Gasteiger partial charge in [-0.15, -0.1) is 0 Å². The first kappa shape index (κ1) is 17.8. The molecule has 0 aromatic heterocycles. The van der Waals surface area contributed by atoms with Crippen LogP contribution in [0.3, 0.4) is 0 Å². The molecule has 6 nitrogen and oxygen atoms in total. The molecule has 22 heavy (non-hydrogen) atoms. The van der Waals surface area contributed by atoms with Crippen LogP contribution in [0.4, 0.5) is 10.5 Å². The number of nitrogens with one attached hydrogen (secondary N) is 2. The van der Waals surface area contributed by atoms with Crippen LogP contribution in [-0.4, -0.2) is 29.0 Å². The summed E-state index contributed by atoms with van der Waals surface area (Å²) >= 11 is 0. The summed E-state index contributed by atoms with van der Waals surface area (Å²) in [6.45, 7) is 8.15. The standard InChI is InChI=1S/C16H26N4O2/c1-5-6-11-18-15(22)19-20(16(2,3)4)14(21)12-9-7-8-10-13(12)17/h7-10H,5-6,11,17H2,1-4H3,(H2,18,19,22). The van der Waals surface area contributed by atoms with E-state index < -0.39 is 11.6 Å². The van der Waals surface area contributed by atoms with Gasteiger partial charge in [0.15, 0.2) is 0 Å². The largest absolute Gasteiger partial charge is 0.398 e. The van der Waals surface area contributed by atoms with Crippen LogP contribution in [0, 0.1) is 0 Å². The van der Waals surface area contributed by atoms with E-state index in [9.17, 15) is 9.59 Å².